The van der Waals surface area contributed by atoms with E-state index in [1.54, 1.807) is 30.3 Å². The van der Waals surface area contributed by atoms with Gasteiger partial charge in [-0.3, -0.25) is 4.79 Å². The van der Waals surface area contributed by atoms with Crippen LogP contribution in [0.15, 0.2) is 65.4 Å². The second kappa shape index (κ2) is 7.55. The molecule has 7 heteroatoms. The summed E-state index contributed by atoms with van der Waals surface area (Å²) >= 11 is 3.34. The first kappa shape index (κ1) is 16.6. The van der Waals surface area contributed by atoms with Gasteiger partial charge in [0.05, 0.1) is 23.6 Å². The van der Waals surface area contributed by atoms with Crippen molar-refractivity contribution in [2.75, 3.05) is 10.6 Å². The van der Waals surface area contributed by atoms with Gasteiger partial charge in [-0.15, -0.1) is 0 Å². The molecule has 0 saturated carbocycles. The molecule has 6 nitrogen and oxygen atoms in total. The number of nitrogens with one attached hydrogen (secondary N) is 2. The zero-order valence-corrected chi connectivity index (χ0v) is 14.5. The summed E-state index contributed by atoms with van der Waals surface area (Å²) in [6, 6.07) is 16.4. The van der Waals surface area contributed by atoms with Crippen LogP contribution in [0, 0.1) is 11.3 Å². The van der Waals surface area contributed by atoms with Gasteiger partial charge < -0.3 is 10.6 Å². The largest absolute Gasteiger partial charge is 0.338 e. The number of hydrogen-bond acceptors (Lipinski definition) is 5. The van der Waals surface area contributed by atoms with Crippen molar-refractivity contribution in [2.24, 2.45) is 0 Å². The van der Waals surface area contributed by atoms with Crippen LogP contribution in [0.1, 0.15) is 16.1 Å². The van der Waals surface area contributed by atoms with Crippen LogP contribution in [0.4, 0.5) is 17.2 Å². The smallest absolute Gasteiger partial charge is 0.275 e. The van der Waals surface area contributed by atoms with Crippen molar-refractivity contribution in [3.05, 3.63) is 76.7 Å². The maximum atomic E-state index is 12.2. The maximum Gasteiger partial charge on any atom is 0.275 e. The molecule has 2 N–H and O–H groups in total. The molecule has 1 heterocycles. The molecule has 0 aliphatic heterocycles. The second-order valence-corrected chi connectivity index (χ2v) is 5.95. The molecule has 3 aromatic rings. The zero-order chi connectivity index (χ0) is 17.6. The third kappa shape index (κ3) is 4.19. The number of nitrogens with zero attached hydrogens (tertiary/aromatic N) is 3. The maximum absolute atomic E-state index is 12.2. The van der Waals surface area contributed by atoms with Gasteiger partial charge in [-0.2, -0.15) is 5.26 Å². The predicted octanol–water partition coefficient (Wildman–Crippen LogP) is 4.11. The van der Waals surface area contributed by atoms with Crippen LogP contribution in [0.3, 0.4) is 0 Å². The molecule has 0 aliphatic carbocycles. The van der Waals surface area contributed by atoms with Crippen LogP contribution >= 0.6 is 15.9 Å². The average molecular weight is 394 g/mol. The van der Waals surface area contributed by atoms with Gasteiger partial charge in [-0.1, -0.05) is 28.1 Å². The molecule has 0 bridgehead atoms. The fraction of sp³-hybridized carbons (Fsp3) is 0. The number of halogens is 1. The van der Waals surface area contributed by atoms with E-state index in [1.807, 2.05) is 18.2 Å². The Balaban J connectivity index is 1.70. The number of amides is 1. The summed E-state index contributed by atoms with van der Waals surface area (Å²) < 4.78 is 0.929. The van der Waals surface area contributed by atoms with E-state index in [0.29, 0.717) is 22.8 Å². The summed E-state index contributed by atoms with van der Waals surface area (Å²) in [7, 11) is 0. The summed E-state index contributed by atoms with van der Waals surface area (Å²) in [4.78, 5) is 20.5. The fourth-order valence-corrected chi connectivity index (χ4v) is 2.33. The Kier molecular flexibility index (Phi) is 5.02. The van der Waals surface area contributed by atoms with E-state index in [9.17, 15) is 4.79 Å². The number of carbonyl (C=O) groups excluding carboxylic acids is 1. The Morgan fingerprint density at radius 3 is 2.48 bits per heavy atom. The Morgan fingerprint density at radius 2 is 1.80 bits per heavy atom. The van der Waals surface area contributed by atoms with E-state index >= 15 is 0 Å². The Labute approximate surface area is 152 Å². The molecule has 1 amide bonds. The van der Waals surface area contributed by atoms with Crippen molar-refractivity contribution in [3.8, 4) is 6.07 Å². The van der Waals surface area contributed by atoms with E-state index < -0.39 is 0 Å². The summed E-state index contributed by atoms with van der Waals surface area (Å²) in [5.74, 6) is 0.0988. The predicted molar refractivity (Wildman–Crippen MR) is 98.6 cm³/mol. The number of nitriles is 1. The minimum atomic E-state index is -0.348. The topological polar surface area (TPSA) is 90.7 Å². The van der Waals surface area contributed by atoms with Crippen LogP contribution in [0.25, 0.3) is 0 Å². The van der Waals surface area contributed by atoms with Gasteiger partial charge in [-0.05, 0) is 36.4 Å². The molecule has 0 spiro atoms. The molecular weight excluding hydrogens is 382 g/mol. The standard InChI is InChI=1S/C18H12BrN5O/c19-13-5-7-14(8-6-13)23-18(25)16-10-22-17(11-21-16)24-15-4-2-1-3-12(15)9-20/h1-8,10-11H,(H,22,24)(H,23,25). The molecule has 0 unspecified atom stereocenters. The lowest BCUT2D eigenvalue weighted by Crippen LogP contribution is -2.14. The highest BCUT2D eigenvalue weighted by molar-refractivity contribution is 9.10. The van der Waals surface area contributed by atoms with E-state index in [4.69, 9.17) is 5.26 Å². The van der Waals surface area contributed by atoms with Crippen molar-refractivity contribution >= 4 is 39.0 Å². The summed E-state index contributed by atoms with van der Waals surface area (Å²) in [5.41, 5.74) is 2.00. The molecular formula is C18H12BrN5O. The third-order valence-corrected chi connectivity index (χ3v) is 3.83. The molecule has 0 fully saturated rings. The lowest BCUT2D eigenvalue weighted by atomic mass is 10.2. The highest BCUT2D eigenvalue weighted by Crippen LogP contribution is 2.18. The monoisotopic (exact) mass is 393 g/mol. The Hall–Kier alpha value is -3.24. The second-order valence-electron chi connectivity index (χ2n) is 5.03. The van der Waals surface area contributed by atoms with Crippen LogP contribution in [0.2, 0.25) is 0 Å². The first-order chi connectivity index (χ1) is 12.2. The number of carbonyl (C=O) groups is 1. The number of benzene rings is 2. The molecule has 122 valence electrons. The first-order valence-corrected chi connectivity index (χ1v) is 8.10. The molecule has 3 rings (SSSR count). The number of hydrogen-bond donors (Lipinski definition) is 2. The fourth-order valence-electron chi connectivity index (χ4n) is 2.07. The minimum absolute atomic E-state index is 0.196. The number of rotatable bonds is 4. The van der Waals surface area contributed by atoms with Gasteiger partial charge in [0, 0.05) is 10.2 Å². The SMILES string of the molecule is N#Cc1ccccc1Nc1cnc(C(=O)Nc2ccc(Br)cc2)cn1. The molecule has 2 aromatic carbocycles. The van der Waals surface area contributed by atoms with Crippen LogP contribution < -0.4 is 10.6 Å². The van der Waals surface area contributed by atoms with Gasteiger partial charge >= 0.3 is 0 Å². The van der Waals surface area contributed by atoms with Crippen LogP contribution in [-0.2, 0) is 0 Å². The zero-order valence-electron chi connectivity index (χ0n) is 12.9. The summed E-state index contributed by atoms with van der Waals surface area (Å²) in [6.07, 6.45) is 2.83. The highest BCUT2D eigenvalue weighted by atomic mass is 79.9. The molecule has 0 radical (unpaired) electrons. The number of para-hydroxylation sites is 1. The lowest BCUT2D eigenvalue weighted by Gasteiger charge is -2.08. The van der Waals surface area contributed by atoms with Gasteiger partial charge in [0.2, 0.25) is 0 Å². The molecule has 25 heavy (non-hydrogen) atoms. The molecule has 0 atom stereocenters. The third-order valence-electron chi connectivity index (χ3n) is 3.30. The van der Waals surface area contributed by atoms with Gasteiger partial charge in [0.15, 0.2) is 0 Å². The van der Waals surface area contributed by atoms with Crippen LogP contribution in [-0.4, -0.2) is 15.9 Å². The first-order valence-electron chi connectivity index (χ1n) is 7.31. The Morgan fingerprint density at radius 1 is 1.04 bits per heavy atom. The summed E-state index contributed by atoms with van der Waals surface area (Å²) in [6.45, 7) is 0. The summed E-state index contributed by atoms with van der Waals surface area (Å²) in [5, 5.41) is 14.8. The van der Waals surface area contributed by atoms with Crippen molar-refractivity contribution in [2.45, 2.75) is 0 Å². The number of aromatic nitrogens is 2. The quantitative estimate of drug-likeness (QED) is 0.695. The van der Waals surface area contributed by atoms with Gasteiger partial charge in [0.25, 0.3) is 5.91 Å². The van der Waals surface area contributed by atoms with Gasteiger partial charge in [0.1, 0.15) is 17.6 Å². The molecule has 0 aliphatic rings. The highest BCUT2D eigenvalue weighted by Gasteiger charge is 2.09. The molecule has 1 aromatic heterocycles. The van der Waals surface area contributed by atoms with Gasteiger partial charge in [-0.25, -0.2) is 9.97 Å². The number of anilines is 3. The average Bonchev–Trinajstić information content (AvgIpc) is 2.64. The van der Waals surface area contributed by atoms with Crippen molar-refractivity contribution in [3.63, 3.8) is 0 Å². The van der Waals surface area contributed by atoms with E-state index in [1.165, 1.54) is 12.4 Å². The Bertz CT molecular complexity index is 933. The minimum Gasteiger partial charge on any atom is -0.338 e. The van der Waals surface area contributed by atoms with Crippen molar-refractivity contribution in [1.29, 1.82) is 5.26 Å². The molecule has 0 saturated heterocycles. The van der Waals surface area contributed by atoms with E-state index in [2.05, 4.69) is 42.6 Å². The van der Waals surface area contributed by atoms with E-state index in [0.717, 1.165) is 4.47 Å². The van der Waals surface area contributed by atoms with E-state index in [-0.39, 0.29) is 11.6 Å². The lowest BCUT2D eigenvalue weighted by molar-refractivity contribution is 0.102. The van der Waals surface area contributed by atoms with Crippen LogP contribution in [0.5, 0.6) is 0 Å². The normalized spacial score (nSPS) is 9.92. The van der Waals surface area contributed by atoms with Crippen molar-refractivity contribution in [1.82, 2.24) is 9.97 Å². The van der Waals surface area contributed by atoms with Crippen molar-refractivity contribution < 1.29 is 4.79 Å².